The predicted octanol–water partition coefficient (Wildman–Crippen LogP) is 2.90. The number of rotatable bonds is 2. The molecule has 2 aromatic rings. The van der Waals surface area contributed by atoms with Gasteiger partial charge >= 0.3 is 12.1 Å². The predicted molar refractivity (Wildman–Crippen MR) is 55.0 cm³/mol. The molecule has 1 aromatic heterocycles. The summed E-state index contributed by atoms with van der Waals surface area (Å²) >= 11 is 0. The molecule has 0 aliphatic heterocycles. The van der Waals surface area contributed by atoms with Gasteiger partial charge in [0.25, 0.3) is 0 Å². The maximum atomic E-state index is 12.3. The van der Waals surface area contributed by atoms with Gasteiger partial charge in [-0.3, -0.25) is 0 Å². The molecule has 0 saturated carbocycles. The summed E-state index contributed by atoms with van der Waals surface area (Å²) in [6, 6.07) is 5.64. The topological polar surface area (TPSA) is 42.2 Å². The zero-order chi connectivity index (χ0) is 12.6. The number of halogens is 3. The molecular weight excluding hydrogens is 235 g/mol. The van der Waals surface area contributed by atoms with Crippen LogP contribution in [0.3, 0.4) is 0 Å². The summed E-state index contributed by atoms with van der Waals surface area (Å²) in [6.45, 7) is -1.13. The number of hydrogen-bond donors (Lipinski definition) is 1. The highest BCUT2D eigenvalue weighted by atomic mass is 19.4. The van der Waals surface area contributed by atoms with Crippen LogP contribution in [0, 0.1) is 0 Å². The van der Waals surface area contributed by atoms with E-state index in [1.54, 1.807) is 0 Å². The molecule has 0 atom stereocenters. The maximum Gasteiger partial charge on any atom is 0.406 e. The highest BCUT2D eigenvalue weighted by Crippen LogP contribution is 2.24. The number of benzene rings is 1. The van der Waals surface area contributed by atoms with Crippen molar-refractivity contribution < 1.29 is 23.1 Å². The first-order valence-electron chi connectivity index (χ1n) is 4.76. The molecule has 0 spiro atoms. The van der Waals surface area contributed by atoms with Gasteiger partial charge in [0, 0.05) is 17.1 Å². The Balaban J connectivity index is 2.55. The van der Waals surface area contributed by atoms with Crippen LogP contribution < -0.4 is 0 Å². The lowest BCUT2D eigenvalue weighted by molar-refractivity contribution is -0.139. The molecule has 1 heterocycles. The van der Waals surface area contributed by atoms with Crippen LogP contribution >= 0.6 is 0 Å². The van der Waals surface area contributed by atoms with Crippen molar-refractivity contribution in [2.75, 3.05) is 0 Å². The lowest BCUT2D eigenvalue weighted by atomic mass is 10.1. The van der Waals surface area contributed by atoms with Crippen molar-refractivity contribution in [1.82, 2.24) is 4.57 Å². The molecule has 0 bridgehead atoms. The molecule has 17 heavy (non-hydrogen) atoms. The number of carbonyl (C=O) groups is 1. The minimum absolute atomic E-state index is 0.00317. The third-order valence-corrected chi connectivity index (χ3v) is 2.39. The third kappa shape index (κ3) is 2.25. The van der Waals surface area contributed by atoms with Gasteiger partial charge in [0.1, 0.15) is 6.54 Å². The average molecular weight is 243 g/mol. The molecule has 0 aliphatic rings. The van der Waals surface area contributed by atoms with Crippen LogP contribution in [0.4, 0.5) is 13.2 Å². The van der Waals surface area contributed by atoms with E-state index in [-0.39, 0.29) is 11.1 Å². The third-order valence-electron chi connectivity index (χ3n) is 2.39. The smallest absolute Gasteiger partial charge is 0.406 e. The van der Waals surface area contributed by atoms with E-state index in [1.165, 1.54) is 30.5 Å². The van der Waals surface area contributed by atoms with Gasteiger partial charge in [0.15, 0.2) is 0 Å². The van der Waals surface area contributed by atoms with Crippen LogP contribution in [0.1, 0.15) is 10.4 Å². The van der Waals surface area contributed by atoms with E-state index in [4.69, 9.17) is 5.11 Å². The Hall–Kier alpha value is -1.98. The molecule has 90 valence electrons. The molecule has 0 unspecified atom stereocenters. The van der Waals surface area contributed by atoms with Crippen LogP contribution in [0.25, 0.3) is 10.9 Å². The van der Waals surface area contributed by atoms with Crippen molar-refractivity contribution in [1.29, 1.82) is 0 Å². The maximum absolute atomic E-state index is 12.3. The summed E-state index contributed by atoms with van der Waals surface area (Å²) in [6.07, 6.45) is -3.09. The molecule has 1 N–H and O–H groups in total. The Morgan fingerprint density at radius 3 is 2.59 bits per heavy atom. The number of carboxylic acids is 1. The minimum Gasteiger partial charge on any atom is -0.478 e. The van der Waals surface area contributed by atoms with Gasteiger partial charge in [0.2, 0.25) is 0 Å². The van der Waals surface area contributed by atoms with Crippen molar-refractivity contribution in [3.05, 3.63) is 36.0 Å². The van der Waals surface area contributed by atoms with E-state index >= 15 is 0 Å². The Morgan fingerprint density at radius 1 is 1.29 bits per heavy atom. The van der Waals surface area contributed by atoms with Crippen molar-refractivity contribution in [2.45, 2.75) is 12.7 Å². The second-order valence-corrected chi connectivity index (χ2v) is 3.60. The quantitative estimate of drug-likeness (QED) is 0.881. The van der Waals surface area contributed by atoms with Crippen molar-refractivity contribution in [2.24, 2.45) is 0 Å². The number of aromatic carboxylic acids is 1. The second-order valence-electron chi connectivity index (χ2n) is 3.60. The SMILES string of the molecule is O=C(O)c1cccc2c1ccn2CC(F)(F)F. The van der Waals surface area contributed by atoms with Gasteiger partial charge in [-0.25, -0.2) is 4.79 Å². The van der Waals surface area contributed by atoms with E-state index in [2.05, 4.69) is 0 Å². The molecule has 0 amide bonds. The first kappa shape index (κ1) is 11.5. The lowest BCUT2D eigenvalue weighted by Gasteiger charge is -2.09. The van der Waals surface area contributed by atoms with Gasteiger partial charge in [0.05, 0.1) is 5.56 Å². The summed E-state index contributed by atoms with van der Waals surface area (Å²) < 4.78 is 37.8. The van der Waals surface area contributed by atoms with Gasteiger partial charge in [-0.2, -0.15) is 13.2 Å². The first-order valence-corrected chi connectivity index (χ1v) is 4.76. The summed E-state index contributed by atoms with van der Waals surface area (Å²) in [5, 5.41) is 9.20. The highest BCUT2D eigenvalue weighted by molar-refractivity contribution is 6.02. The van der Waals surface area contributed by atoms with Gasteiger partial charge in [-0.15, -0.1) is 0 Å². The van der Waals surface area contributed by atoms with E-state index in [9.17, 15) is 18.0 Å². The Morgan fingerprint density at radius 2 is 2.00 bits per heavy atom. The molecular formula is C11H8F3NO2. The van der Waals surface area contributed by atoms with Crippen molar-refractivity contribution in [3.63, 3.8) is 0 Å². The van der Waals surface area contributed by atoms with E-state index in [1.807, 2.05) is 0 Å². The van der Waals surface area contributed by atoms with E-state index in [0.29, 0.717) is 5.39 Å². The fraction of sp³-hybridized carbons (Fsp3) is 0.182. The van der Waals surface area contributed by atoms with Crippen LogP contribution in [0.15, 0.2) is 30.5 Å². The molecule has 0 saturated heterocycles. The zero-order valence-electron chi connectivity index (χ0n) is 8.53. The lowest BCUT2D eigenvalue weighted by Crippen LogP contribution is -2.16. The molecule has 2 rings (SSSR count). The number of carboxylic acid groups (broad SMARTS) is 1. The van der Waals surface area contributed by atoms with Crippen LogP contribution in [-0.4, -0.2) is 21.8 Å². The number of hydrogen-bond acceptors (Lipinski definition) is 1. The molecule has 3 nitrogen and oxygen atoms in total. The molecule has 1 aromatic carbocycles. The van der Waals surface area contributed by atoms with Gasteiger partial charge < -0.3 is 9.67 Å². The summed E-state index contributed by atoms with van der Waals surface area (Å²) in [5.41, 5.74) is 0.269. The minimum atomic E-state index is -4.33. The Bertz CT molecular complexity index is 572. The number of aromatic nitrogens is 1. The molecule has 0 fully saturated rings. The zero-order valence-corrected chi connectivity index (χ0v) is 8.53. The van der Waals surface area contributed by atoms with Crippen molar-refractivity contribution in [3.8, 4) is 0 Å². The van der Waals surface area contributed by atoms with Crippen LogP contribution in [0.5, 0.6) is 0 Å². The Kier molecular flexibility index (Phi) is 2.57. The average Bonchev–Trinajstić information content (AvgIpc) is 2.59. The van der Waals surface area contributed by atoms with Gasteiger partial charge in [-0.1, -0.05) is 6.07 Å². The van der Waals surface area contributed by atoms with Crippen LogP contribution in [-0.2, 0) is 6.54 Å². The standard InChI is InChI=1S/C11H8F3NO2/c12-11(13,14)6-15-5-4-7-8(10(16)17)2-1-3-9(7)15/h1-5H,6H2,(H,16,17). The highest BCUT2D eigenvalue weighted by Gasteiger charge is 2.28. The fourth-order valence-electron chi connectivity index (χ4n) is 1.74. The van der Waals surface area contributed by atoms with Crippen molar-refractivity contribution >= 4 is 16.9 Å². The summed E-state index contributed by atoms with van der Waals surface area (Å²) in [4.78, 5) is 10.9. The van der Waals surface area contributed by atoms with E-state index in [0.717, 1.165) is 4.57 Å². The fourth-order valence-corrected chi connectivity index (χ4v) is 1.74. The normalized spacial score (nSPS) is 11.9. The summed E-state index contributed by atoms with van der Waals surface area (Å²) in [5.74, 6) is -1.15. The largest absolute Gasteiger partial charge is 0.478 e. The Labute approximate surface area is 94.1 Å². The number of nitrogens with zero attached hydrogens (tertiary/aromatic N) is 1. The number of alkyl halides is 3. The monoisotopic (exact) mass is 243 g/mol. The molecule has 6 heteroatoms. The second kappa shape index (κ2) is 3.80. The number of fused-ring (bicyclic) bond motifs is 1. The first-order chi connectivity index (χ1) is 7.88. The van der Waals surface area contributed by atoms with Crippen LogP contribution in [0.2, 0.25) is 0 Å². The molecule has 0 aliphatic carbocycles. The van der Waals surface area contributed by atoms with Gasteiger partial charge in [-0.05, 0) is 18.2 Å². The summed E-state index contributed by atoms with van der Waals surface area (Å²) in [7, 11) is 0. The molecule has 0 radical (unpaired) electrons. The van der Waals surface area contributed by atoms with E-state index < -0.39 is 18.7 Å².